The van der Waals surface area contributed by atoms with Gasteiger partial charge in [0.2, 0.25) is 5.91 Å². The van der Waals surface area contributed by atoms with Crippen molar-refractivity contribution in [1.29, 1.82) is 0 Å². The van der Waals surface area contributed by atoms with E-state index in [1.165, 1.54) is 0 Å². The predicted octanol–water partition coefficient (Wildman–Crippen LogP) is 1.27. The van der Waals surface area contributed by atoms with Crippen molar-refractivity contribution >= 4 is 16.7 Å². The van der Waals surface area contributed by atoms with Crippen molar-refractivity contribution in [2.24, 2.45) is 17.6 Å². The molecule has 3 N–H and O–H groups in total. The molecule has 0 saturated carbocycles. The molecule has 0 rings (SSSR count). The number of nitrogens with one attached hydrogen (secondary N) is 1. The quantitative estimate of drug-likeness (QED) is 0.590. The van der Waals surface area contributed by atoms with Crippen LogP contribution >= 0.6 is 0 Å². The molecule has 0 radical (unpaired) electrons. The molecule has 0 bridgehead atoms. The van der Waals surface area contributed by atoms with E-state index in [-0.39, 0.29) is 5.91 Å². The van der Waals surface area contributed by atoms with Gasteiger partial charge in [-0.2, -0.15) is 0 Å². The van der Waals surface area contributed by atoms with Gasteiger partial charge in [-0.25, -0.2) is 0 Å². The fraction of sp³-hybridized carbons (Fsp3) is 0.923. The van der Waals surface area contributed by atoms with Gasteiger partial charge < -0.3 is 11.1 Å². The average molecular weight is 276 g/mol. The SMILES string of the molecule is CC(C)C(CCN)CCC(=O)NCCCS(C)=O. The largest absolute Gasteiger partial charge is 0.356 e. The Balaban J connectivity index is 3.70. The van der Waals surface area contributed by atoms with Crippen LogP contribution in [0, 0.1) is 11.8 Å². The average Bonchev–Trinajstić information content (AvgIpc) is 2.29. The minimum absolute atomic E-state index is 0.0968. The molecule has 0 spiro atoms. The molecule has 0 aliphatic carbocycles. The molecule has 0 fully saturated rings. The Bertz CT molecular complexity index is 257. The van der Waals surface area contributed by atoms with E-state index in [0.29, 0.717) is 37.1 Å². The normalized spacial score (nSPS) is 14.5. The smallest absolute Gasteiger partial charge is 0.220 e. The first kappa shape index (κ1) is 17.6. The van der Waals surface area contributed by atoms with Crippen molar-refractivity contribution in [1.82, 2.24) is 5.32 Å². The van der Waals surface area contributed by atoms with Crippen LogP contribution in [-0.2, 0) is 15.6 Å². The maximum atomic E-state index is 11.6. The molecule has 0 aromatic heterocycles. The third kappa shape index (κ3) is 9.59. The Labute approximate surface area is 114 Å². The highest BCUT2D eigenvalue weighted by Crippen LogP contribution is 2.20. The van der Waals surface area contributed by atoms with Crippen molar-refractivity contribution in [3.8, 4) is 0 Å². The fourth-order valence-electron chi connectivity index (χ4n) is 1.93. The van der Waals surface area contributed by atoms with Crippen molar-refractivity contribution in [2.75, 3.05) is 25.1 Å². The summed E-state index contributed by atoms with van der Waals surface area (Å²) in [7, 11) is -0.765. The molecule has 4 nitrogen and oxygen atoms in total. The molecule has 0 saturated heterocycles. The fourth-order valence-corrected chi connectivity index (χ4v) is 2.48. The maximum absolute atomic E-state index is 11.6. The lowest BCUT2D eigenvalue weighted by Crippen LogP contribution is -2.26. The zero-order chi connectivity index (χ0) is 14.0. The molecule has 2 atom stereocenters. The summed E-state index contributed by atoms with van der Waals surface area (Å²) in [6.07, 6.45) is 4.92. The summed E-state index contributed by atoms with van der Waals surface area (Å²) in [5.74, 6) is 1.86. The lowest BCUT2D eigenvalue weighted by molar-refractivity contribution is -0.121. The van der Waals surface area contributed by atoms with Crippen molar-refractivity contribution in [2.45, 2.75) is 39.5 Å². The molecule has 0 aliphatic rings. The lowest BCUT2D eigenvalue weighted by atomic mass is 9.88. The second-order valence-corrected chi connectivity index (χ2v) is 6.66. The van der Waals surface area contributed by atoms with E-state index in [1.54, 1.807) is 6.26 Å². The molecular weight excluding hydrogens is 248 g/mol. The third-order valence-electron chi connectivity index (χ3n) is 3.15. The molecule has 18 heavy (non-hydrogen) atoms. The van der Waals surface area contributed by atoms with E-state index in [2.05, 4.69) is 19.2 Å². The lowest BCUT2D eigenvalue weighted by Gasteiger charge is -2.19. The van der Waals surface area contributed by atoms with Crippen molar-refractivity contribution in [3.05, 3.63) is 0 Å². The van der Waals surface area contributed by atoms with Crippen molar-refractivity contribution in [3.63, 3.8) is 0 Å². The van der Waals surface area contributed by atoms with Crippen LogP contribution in [0.15, 0.2) is 0 Å². The summed E-state index contributed by atoms with van der Waals surface area (Å²) in [5, 5.41) is 2.87. The number of nitrogens with two attached hydrogens (primary N) is 1. The molecule has 2 unspecified atom stereocenters. The number of hydrogen-bond donors (Lipinski definition) is 2. The highest BCUT2D eigenvalue weighted by molar-refractivity contribution is 7.84. The van der Waals surface area contributed by atoms with Gasteiger partial charge in [0, 0.05) is 35.8 Å². The maximum Gasteiger partial charge on any atom is 0.220 e. The molecule has 0 aliphatic heterocycles. The summed E-state index contributed by atoms with van der Waals surface area (Å²) >= 11 is 0. The van der Waals surface area contributed by atoms with Gasteiger partial charge in [0.1, 0.15) is 0 Å². The molecule has 0 aromatic rings. The number of rotatable bonds is 10. The van der Waals surface area contributed by atoms with E-state index in [0.717, 1.165) is 19.3 Å². The first-order chi connectivity index (χ1) is 8.47. The minimum atomic E-state index is -0.765. The van der Waals surface area contributed by atoms with Crippen LogP contribution in [0.25, 0.3) is 0 Å². The highest BCUT2D eigenvalue weighted by Gasteiger charge is 2.14. The number of amides is 1. The topological polar surface area (TPSA) is 72.2 Å². The number of carbonyl (C=O) groups excluding carboxylic acids is 1. The standard InChI is InChI=1S/C13H28N2O2S/c1-11(2)12(7-8-14)5-6-13(16)15-9-4-10-18(3)17/h11-12H,4-10,14H2,1-3H3,(H,15,16). The first-order valence-corrected chi connectivity index (χ1v) is 8.46. The van der Waals surface area contributed by atoms with Gasteiger partial charge in [-0.3, -0.25) is 9.00 Å². The van der Waals surface area contributed by atoms with Crippen molar-refractivity contribution < 1.29 is 9.00 Å². The third-order valence-corrected chi connectivity index (χ3v) is 4.02. The minimum Gasteiger partial charge on any atom is -0.356 e. The van der Waals surface area contributed by atoms with Crippen LogP contribution in [0.1, 0.15) is 39.5 Å². The predicted molar refractivity (Wildman–Crippen MR) is 77.8 cm³/mol. The molecule has 108 valence electrons. The van der Waals surface area contributed by atoms with Crippen LogP contribution in [0.4, 0.5) is 0 Å². The van der Waals surface area contributed by atoms with Crippen LogP contribution in [-0.4, -0.2) is 35.2 Å². The Morgan fingerprint density at radius 2 is 2.00 bits per heavy atom. The Hall–Kier alpha value is -0.420. The van der Waals surface area contributed by atoms with E-state index in [1.807, 2.05) is 0 Å². The van der Waals surface area contributed by atoms with Gasteiger partial charge in [-0.1, -0.05) is 13.8 Å². The zero-order valence-electron chi connectivity index (χ0n) is 11.9. The van der Waals surface area contributed by atoms with Gasteiger partial charge in [-0.15, -0.1) is 0 Å². The first-order valence-electron chi connectivity index (χ1n) is 6.74. The van der Waals surface area contributed by atoms with Crippen LogP contribution in [0.5, 0.6) is 0 Å². The van der Waals surface area contributed by atoms with E-state index < -0.39 is 10.8 Å². The zero-order valence-corrected chi connectivity index (χ0v) is 12.7. The second-order valence-electron chi connectivity index (χ2n) is 5.10. The summed E-state index contributed by atoms with van der Waals surface area (Å²) in [5.41, 5.74) is 5.57. The Morgan fingerprint density at radius 3 is 2.50 bits per heavy atom. The number of carbonyl (C=O) groups is 1. The Kier molecular flexibility index (Phi) is 10.3. The van der Waals surface area contributed by atoms with Crippen LogP contribution < -0.4 is 11.1 Å². The summed E-state index contributed by atoms with van der Waals surface area (Å²) in [4.78, 5) is 11.6. The van der Waals surface area contributed by atoms with Crippen LogP contribution in [0.2, 0.25) is 0 Å². The van der Waals surface area contributed by atoms with Gasteiger partial charge in [0.15, 0.2) is 0 Å². The van der Waals surface area contributed by atoms with E-state index in [4.69, 9.17) is 5.73 Å². The molecule has 5 heteroatoms. The molecule has 0 aromatic carbocycles. The molecule has 0 heterocycles. The van der Waals surface area contributed by atoms with Gasteiger partial charge in [0.25, 0.3) is 0 Å². The summed E-state index contributed by atoms with van der Waals surface area (Å²) in [6.45, 7) is 5.66. The number of hydrogen-bond acceptors (Lipinski definition) is 3. The second kappa shape index (κ2) is 10.5. The highest BCUT2D eigenvalue weighted by atomic mass is 32.2. The van der Waals surface area contributed by atoms with Gasteiger partial charge >= 0.3 is 0 Å². The van der Waals surface area contributed by atoms with Crippen LogP contribution in [0.3, 0.4) is 0 Å². The van der Waals surface area contributed by atoms with E-state index in [9.17, 15) is 9.00 Å². The molecular formula is C13H28N2O2S. The summed E-state index contributed by atoms with van der Waals surface area (Å²) in [6, 6.07) is 0. The Morgan fingerprint density at radius 1 is 1.33 bits per heavy atom. The monoisotopic (exact) mass is 276 g/mol. The van der Waals surface area contributed by atoms with Gasteiger partial charge in [0.05, 0.1) is 0 Å². The summed E-state index contributed by atoms with van der Waals surface area (Å²) < 4.78 is 10.8. The van der Waals surface area contributed by atoms with Gasteiger partial charge in [-0.05, 0) is 37.6 Å². The molecule has 1 amide bonds. The van der Waals surface area contributed by atoms with E-state index >= 15 is 0 Å².